The van der Waals surface area contributed by atoms with E-state index in [0.29, 0.717) is 17.7 Å². The van der Waals surface area contributed by atoms with Gasteiger partial charge in [-0.15, -0.1) is 0 Å². The molecule has 0 aromatic heterocycles. The van der Waals surface area contributed by atoms with Crippen molar-refractivity contribution >= 4 is 5.91 Å². The van der Waals surface area contributed by atoms with E-state index < -0.39 is 0 Å². The van der Waals surface area contributed by atoms with Crippen LogP contribution in [-0.2, 0) is 4.79 Å². The predicted octanol–water partition coefficient (Wildman–Crippen LogP) is 3.03. The third-order valence-corrected chi connectivity index (χ3v) is 4.88. The molecule has 19 heavy (non-hydrogen) atoms. The normalized spacial score (nSPS) is 27.6. The van der Waals surface area contributed by atoms with Gasteiger partial charge in [-0.05, 0) is 38.0 Å². The molecule has 1 amide bonds. The monoisotopic (exact) mass is 268 g/mol. The Bertz CT molecular complexity index is 276. The van der Waals surface area contributed by atoms with Crippen molar-refractivity contribution in [3.63, 3.8) is 0 Å². The maximum atomic E-state index is 12.7. The van der Waals surface area contributed by atoms with Crippen LogP contribution >= 0.6 is 0 Å². The highest BCUT2D eigenvalue weighted by molar-refractivity contribution is 5.79. The van der Waals surface area contributed by atoms with Gasteiger partial charge in [0.25, 0.3) is 0 Å². The van der Waals surface area contributed by atoms with Crippen molar-refractivity contribution in [3.8, 4) is 0 Å². The van der Waals surface area contributed by atoms with Gasteiger partial charge in [0.2, 0.25) is 5.91 Å². The summed E-state index contributed by atoms with van der Waals surface area (Å²) in [6.45, 7) is 10.5. The minimum atomic E-state index is 0.151. The largest absolute Gasteiger partial charge is 0.342 e. The molecule has 3 atom stereocenters. The summed E-state index contributed by atoms with van der Waals surface area (Å²) in [5, 5.41) is 0. The molecule has 112 valence electrons. The molecule has 1 aliphatic carbocycles. The van der Waals surface area contributed by atoms with E-state index >= 15 is 0 Å². The zero-order chi connectivity index (χ0) is 14.4. The van der Waals surface area contributed by atoms with Crippen molar-refractivity contribution < 1.29 is 4.79 Å². The van der Waals surface area contributed by atoms with Crippen LogP contribution in [0, 0.1) is 17.8 Å². The lowest BCUT2D eigenvalue weighted by Gasteiger charge is -2.36. The number of carbonyl (C=O) groups excluding carboxylic acids is 1. The molecule has 0 saturated heterocycles. The second-order valence-corrected chi connectivity index (χ2v) is 6.22. The van der Waals surface area contributed by atoms with Crippen LogP contribution in [0.15, 0.2) is 0 Å². The number of hydrogen-bond donors (Lipinski definition) is 1. The lowest BCUT2D eigenvalue weighted by Crippen LogP contribution is -2.45. The van der Waals surface area contributed by atoms with E-state index in [2.05, 4.69) is 32.6 Å². The summed E-state index contributed by atoms with van der Waals surface area (Å²) in [6, 6.07) is 0.219. The molecule has 0 radical (unpaired) electrons. The third-order valence-electron chi connectivity index (χ3n) is 4.88. The minimum absolute atomic E-state index is 0.151. The average Bonchev–Trinajstić information content (AvgIpc) is 2.42. The van der Waals surface area contributed by atoms with Gasteiger partial charge in [-0.2, -0.15) is 0 Å². The Kier molecular flexibility index (Phi) is 6.84. The molecule has 0 aliphatic heterocycles. The Labute approximate surface area is 118 Å². The van der Waals surface area contributed by atoms with Crippen molar-refractivity contribution in [1.29, 1.82) is 0 Å². The number of nitrogens with zero attached hydrogens (tertiary/aromatic N) is 1. The van der Waals surface area contributed by atoms with E-state index in [9.17, 15) is 4.79 Å². The van der Waals surface area contributed by atoms with E-state index in [1.54, 1.807) is 0 Å². The van der Waals surface area contributed by atoms with Gasteiger partial charge in [0.15, 0.2) is 0 Å². The van der Waals surface area contributed by atoms with Crippen LogP contribution in [0.3, 0.4) is 0 Å². The number of carbonyl (C=O) groups is 1. The van der Waals surface area contributed by atoms with Crippen LogP contribution in [0.1, 0.15) is 59.8 Å². The van der Waals surface area contributed by atoms with E-state index in [0.717, 1.165) is 45.2 Å². The number of amides is 1. The quantitative estimate of drug-likeness (QED) is 0.805. The zero-order valence-corrected chi connectivity index (χ0v) is 13.2. The second kappa shape index (κ2) is 7.88. The number of nitrogens with two attached hydrogens (primary N) is 1. The maximum absolute atomic E-state index is 12.7. The fraction of sp³-hybridized carbons (Fsp3) is 0.938. The van der Waals surface area contributed by atoms with E-state index in [4.69, 9.17) is 5.73 Å². The molecule has 1 rings (SSSR count). The zero-order valence-electron chi connectivity index (χ0n) is 13.2. The Morgan fingerprint density at radius 3 is 2.42 bits per heavy atom. The van der Waals surface area contributed by atoms with Crippen molar-refractivity contribution in [3.05, 3.63) is 0 Å². The van der Waals surface area contributed by atoms with Crippen molar-refractivity contribution in [2.75, 3.05) is 13.1 Å². The molecular weight excluding hydrogens is 236 g/mol. The predicted molar refractivity (Wildman–Crippen MR) is 80.8 cm³/mol. The number of hydrogen-bond acceptors (Lipinski definition) is 2. The van der Waals surface area contributed by atoms with Crippen LogP contribution in [0.25, 0.3) is 0 Å². The first-order valence-electron chi connectivity index (χ1n) is 8.07. The lowest BCUT2D eigenvalue weighted by atomic mass is 9.77. The van der Waals surface area contributed by atoms with Crippen molar-refractivity contribution in [2.45, 2.75) is 65.8 Å². The smallest absolute Gasteiger partial charge is 0.226 e. The molecule has 0 heterocycles. The van der Waals surface area contributed by atoms with Crippen molar-refractivity contribution in [1.82, 2.24) is 4.90 Å². The molecule has 1 saturated carbocycles. The first kappa shape index (κ1) is 16.5. The molecule has 0 spiro atoms. The van der Waals surface area contributed by atoms with E-state index in [1.807, 2.05) is 0 Å². The Hall–Kier alpha value is -0.570. The van der Waals surface area contributed by atoms with Crippen LogP contribution in [0.2, 0.25) is 0 Å². The summed E-state index contributed by atoms with van der Waals surface area (Å²) in [6.07, 6.45) is 5.35. The van der Waals surface area contributed by atoms with Gasteiger partial charge in [0.05, 0.1) is 0 Å². The van der Waals surface area contributed by atoms with Gasteiger partial charge in [-0.1, -0.05) is 33.6 Å². The summed E-state index contributed by atoms with van der Waals surface area (Å²) in [7, 11) is 0. The highest BCUT2D eigenvalue weighted by Gasteiger charge is 2.33. The van der Waals surface area contributed by atoms with E-state index in [1.165, 1.54) is 0 Å². The van der Waals surface area contributed by atoms with Crippen LogP contribution < -0.4 is 5.73 Å². The minimum Gasteiger partial charge on any atom is -0.342 e. The van der Waals surface area contributed by atoms with Gasteiger partial charge in [-0.3, -0.25) is 4.79 Å². The molecule has 0 aromatic rings. The lowest BCUT2D eigenvalue weighted by molar-refractivity contribution is -0.139. The van der Waals surface area contributed by atoms with Gasteiger partial charge in [0, 0.05) is 25.0 Å². The van der Waals surface area contributed by atoms with Gasteiger partial charge < -0.3 is 10.6 Å². The summed E-state index contributed by atoms with van der Waals surface area (Å²) in [5.74, 6) is 1.62. The van der Waals surface area contributed by atoms with Crippen LogP contribution in [0.5, 0.6) is 0 Å². The summed E-state index contributed by atoms with van der Waals surface area (Å²) >= 11 is 0. The fourth-order valence-corrected chi connectivity index (χ4v) is 3.17. The fourth-order valence-electron chi connectivity index (χ4n) is 3.17. The Morgan fingerprint density at radius 1 is 1.26 bits per heavy atom. The topological polar surface area (TPSA) is 46.3 Å². The maximum Gasteiger partial charge on any atom is 0.226 e. The molecule has 0 bridgehead atoms. The number of rotatable bonds is 6. The SMILES string of the molecule is CCC(CC)CN(CC)C(=O)C1CC(N)CCC1C. The first-order chi connectivity index (χ1) is 9.03. The third kappa shape index (κ3) is 4.48. The van der Waals surface area contributed by atoms with Crippen molar-refractivity contribution in [2.24, 2.45) is 23.5 Å². The molecule has 3 heteroatoms. The first-order valence-corrected chi connectivity index (χ1v) is 8.07. The molecule has 1 fully saturated rings. The summed E-state index contributed by atoms with van der Waals surface area (Å²) < 4.78 is 0. The molecule has 3 nitrogen and oxygen atoms in total. The molecule has 0 aromatic carbocycles. The Morgan fingerprint density at radius 2 is 1.89 bits per heavy atom. The second-order valence-electron chi connectivity index (χ2n) is 6.22. The molecule has 2 N–H and O–H groups in total. The van der Waals surface area contributed by atoms with Crippen LogP contribution in [-0.4, -0.2) is 29.9 Å². The Balaban J connectivity index is 2.66. The highest BCUT2D eigenvalue weighted by Crippen LogP contribution is 2.31. The average molecular weight is 268 g/mol. The van der Waals surface area contributed by atoms with Gasteiger partial charge in [0.1, 0.15) is 0 Å². The summed E-state index contributed by atoms with van der Waals surface area (Å²) in [5.41, 5.74) is 6.05. The van der Waals surface area contributed by atoms with Gasteiger partial charge in [-0.25, -0.2) is 0 Å². The van der Waals surface area contributed by atoms with Gasteiger partial charge >= 0.3 is 0 Å². The standard InChI is InChI=1S/C16H32N2O/c1-5-13(6-2)11-18(7-3)16(19)15-10-14(17)9-8-12(15)4/h12-15H,5-11,17H2,1-4H3. The molecule has 3 unspecified atom stereocenters. The van der Waals surface area contributed by atoms with E-state index in [-0.39, 0.29) is 12.0 Å². The molecule has 1 aliphatic rings. The highest BCUT2D eigenvalue weighted by atomic mass is 16.2. The summed E-state index contributed by atoms with van der Waals surface area (Å²) in [4.78, 5) is 14.8. The molecular formula is C16H32N2O. The van der Waals surface area contributed by atoms with Crippen LogP contribution in [0.4, 0.5) is 0 Å².